The molecule has 9 nitrogen and oxygen atoms in total. The van der Waals surface area contributed by atoms with Crippen molar-refractivity contribution in [3.63, 3.8) is 0 Å². The summed E-state index contributed by atoms with van der Waals surface area (Å²) in [5.41, 5.74) is 0.332. The second kappa shape index (κ2) is 13.9. The van der Waals surface area contributed by atoms with Crippen molar-refractivity contribution in [2.75, 3.05) is 13.2 Å². The third kappa shape index (κ3) is 9.18. The maximum Gasteiger partial charge on any atom is 0.303 e. The van der Waals surface area contributed by atoms with E-state index < -0.39 is 36.6 Å². The van der Waals surface area contributed by atoms with Crippen LogP contribution in [0.1, 0.15) is 66.7 Å². The van der Waals surface area contributed by atoms with Gasteiger partial charge >= 0.3 is 5.97 Å². The molecular formula is C30H44O9. The minimum absolute atomic E-state index is 0.00515. The fraction of sp³-hybridized carbons (Fsp3) is 0.700. The molecule has 1 spiro atoms. The molecule has 0 aromatic heterocycles. The Morgan fingerprint density at radius 3 is 2.49 bits per heavy atom. The number of allylic oxidation sites excluding steroid dienone is 3. The van der Waals surface area contributed by atoms with Gasteiger partial charge in [0.25, 0.3) is 0 Å². The molecule has 0 aromatic rings. The van der Waals surface area contributed by atoms with E-state index in [9.17, 15) is 19.5 Å². The lowest BCUT2D eigenvalue weighted by Crippen LogP contribution is -2.50. The zero-order valence-electron chi connectivity index (χ0n) is 23.7. The van der Waals surface area contributed by atoms with Gasteiger partial charge < -0.3 is 29.2 Å². The van der Waals surface area contributed by atoms with Gasteiger partial charge in [-0.05, 0) is 57.6 Å². The van der Waals surface area contributed by atoms with E-state index in [2.05, 4.69) is 13.0 Å². The summed E-state index contributed by atoms with van der Waals surface area (Å²) in [7, 11) is 0. The number of hydrogen-bond acceptors (Lipinski definition) is 9. The SMILES string of the molecule is CC(=O)O[C@@H](C)/C=C\C(=O)C[C@@H]1C[C@H](C)[C@H](C/C=C(C)/C=C/C2O[C@H](CC(=O)CO)C[C@@]3(CO3)[C@@H]2O)O[C@@H]1C. The van der Waals surface area contributed by atoms with Crippen molar-refractivity contribution in [3.8, 4) is 0 Å². The topological polar surface area (TPSA) is 132 Å². The number of carbonyl (C=O) groups excluding carboxylic acids is 3. The van der Waals surface area contributed by atoms with Crippen molar-refractivity contribution < 1.29 is 43.5 Å². The summed E-state index contributed by atoms with van der Waals surface area (Å²) < 4.78 is 22.8. The zero-order valence-corrected chi connectivity index (χ0v) is 23.7. The summed E-state index contributed by atoms with van der Waals surface area (Å²) in [6, 6.07) is 0. The van der Waals surface area contributed by atoms with Crippen molar-refractivity contribution in [1.82, 2.24) is 0 Å². The van der Waals surface area contributed by atoms with Crippen LogP contribution in [0.25, 0.3) is 0 Å². The van der Waals surface area contributed by atoms with Crippen LogP contribution in [0, 0.1) is 11.8 Å². The molecule has 3 aliphatic heterocycles. The van der Waals surface area contributed by atoms with Crippen LogP contribution in [0.3, 0.4) is 0 Å². The molecule has 39 heavy (non-hydrogen) atoms. The zero-order chi connectivity index (χ0) is 28.7. The first kappa shape index (κ1) is 31.4. The predicted molar refractivity (Wildman–Crippen MR) is 144 cm³/mol. The first-order valence-electron chi connectivity index (χ1n) is 13.9. The predicted octanol–water partition coefficient (Wildman–Crippen LogP) is 3.01. The van der Waals surface area contributed by atoms with Crippen molar-refractivity contribution in [2.45, 2.75) is 109 Å². The Bertz CT molecular complexity index is 963. The second-order valence-electron chi connectivity index (χ2n) is 11.4. The van der Waals surface area contributed by atoms with Gasteiger partial charge in [-0.3, -0.25) is 14.4 Å². The number of epoxide rings is 1. The van der Waals surface area contributed by atoms with Gasteiger partial charge in [0, 0.05) is 26.2 Å². The van der Waals surface area contributed by atoms with E-state index in [1.807, 2.05) is 19.9 Å². The molecule has 2 N–H and O–H groups in total. The first-order chi connectivity index (χ1) is 18.4. The number of rotatable bonds is 12. The van der Waals surface area contributed by atoms with Gasteiger partial charge in [0.15, 0.2) is 11.6 Å². The average Bonchev–Trinajstić information content (AvgIpc) is 3.64. The number of ether oxygens (including phenoxy) is 4. The molecule has 218 valence electrons. The van der Waals surface area contributed by atoms with Crippen LogP contribution in [-0.2, 0) is 33.3 Å². The van der Waals surface area contributed by atoms with Crippen molar-refractivity contribution >= 4 is 17.5 Å². The summed E-state index contributed by atoms with van der Waals surface area (Å²) in [4.78, 5) is 35.2. The van der Waals surface area contributed by atoms with E-state index in [0.29, 0.717) is 19.4 Å². The van der Waals surface area contributed by atoms with E-state index in [-0.39, 0.29) is 48.0 Å². The fourth-order valence-electron chi connectivity index (χ4n) is 5.49. The number of carbonyl (C=O) groups is 3. The molecule has 9 heteroatoms. The number of hydrogen-bond donors (Lipinski definition) is 2. The fourth-order valence-corrected chi connectivity index (χ4v) is 5.49. The largest absolute Gasteiger partial charge is 0.459 e. The monoisotopic (exact) mass is 548 g/mol. The molecule has 0 aliphatic carbocycles. The Labute approximate surface area is 231 Å². The normalized spacial score (nSPS) is 35.9. The highest BCUT2D eigenvalue weighted by atomic mass is 16.6. The highest BCUT2D eigenvalue weighted by Gasteiger charge is 2.58. The third-order valence-electron chi connectivity index (χ3n) is 7.87. The molecule has 3 heterocycles. The molecule has 3 rings (SSSR count). The minimum Gasteiger partial charge on any atom is -0.459 e. The molecule has 3 saturated heterocycles. The molecule has 3 fully saturated rings. The number of Topliss-reactive ketones (excluding diaryl/α,β-unsaturated/α-hetero) is 1. The van der Waals surface area contributed by atoms with Gasteiger partial charge in [0.05, 0.1) is 24.9 Å². The smallest absolute Gasteiger partial charge is 0.303 e. The van der Waals surface area contributed by atoms with E-state index in [1.165, 1.54) is 13.0 Å². The minimum atomic E-state index is -0.816. The Morgan fingerprint density at radius 2 is 1.85 bits per heavy atom. The number of aliphatic hydroxyl groups excluding tert-OH is 2. The van der Waals surface area contributed by atoms with Gasteiger partial charge in [-0.25, -0.2) is 0 Å². The lowest BCUT2D eigenvalue weighted by atomic mass is 9.81. The first-order valence-corrected chi connectivity index (χ1v) is 13.9. The van der Waals surface area contributed by atoms with Crippen molar-refractivity contribution in [1.29, 1.82) is 0 Å². The Kier molecular flexibility index (Phi) is 11.2. The van der Waals surface area contributed by atoms with Gasteiger partial charge in [-0.1, -0.05) is 30.7 Å². The van der Waals surface area contributed by atoms with E-state index >= 15 is 0 Å². The van der Waals surface area contributed by atoms with Gasteiger partial charge in [0.2, 0.25) is 0 Å². The summed E-state index contributed by atoms with van der Waals surface area (Å²) in [5, 5.41) is 19.8. The molecule has 0 saturated carbocycles. The van der Waals surface area contributed by atoms with Crippen LogP contribution in [0.4, 0.5) is 0 Å². The molecule has 0 amide bonds. The summed E-state index contributed by atoms with van der Waals surface area (Å²) in [6.07, 6.45) is 9.14. The summed E-state index contributed by atoms with van der Waals surface area (Å²) in [6.45, 7) is 9.09. The molecule has 0 bridgehead atoms. The molecule has 3 aliphatic rings. The Hall–Kier alpha value is -2.17. The molecule has 0 aromatic carbocycles. The van der Waals surface area contributed by atoms with Crippen LogP contribution in [0.15, 0.2) is 36.0 Å². The molecular weight excluding hydrogens is 504 g/mol. The van der Waals surface area contributed by atoms with Gasteiger partial charge in [-0.2, -0.15) is 0 Å². The van der Waals surface area contributed by atoms with Crippen LogP contribution in [0.2, 0.25) is 0 Å². The highest BCUT2D eigenvalue weighted by Crippen LogP contribution is 2.43. The quantitative estimate of drug-likeness (QED) is 0.163. The summed E-state index contributed by atoms with van der Waals surface area (Å²) >= 11 is 0. The van der Waals surface area contributed by atoms with Crippen LogP contribution in [0.5, 0.6) is 0 Å². The van der Waals surface area contributed by atoms with E-state index in [0.717, 1.165) is 18.4 Å². The molecule has 9 atom stereocenters. The van der Waals surface area contributed by atoms with Crippen LogP contribution in [-0.4, -0.2) is 83.2 Å². The standard InChI is InChI=1S/C30H44O9/c1-18(7-11-28-29(35)30(17-36-30)15-26(39-28)14-25(34)16-31)6-10-27-19(2)12-23(21(4)38-27)13-24(33)9-8-20(3)37-22(5)32/h6-9,11,19-21,23,26-29,31,35H,10,12-17H2,1-5H3/b9-8-,11-7+,18-6+/t19-,20-,21+,23-,26+,27-,28?,29+,30+/m0/s1. The number of aliphatic hydroxyl groups is 2. The third-order valence-corrected chi connectivity index (χ3v) is 7.87. The van der Waals surface area contributed by atoms with Gasteiger partial charge in [0.1, 0.15) is 30.5 Å². The van der Waals surface area contributed by atoms with Crippen molar-refractivity contribution in [2.24, 2.45) is 11.8 Å². The lowest BCUT2D eigenvalue weighted by Gasteiger charge is -2.38. The molecule has 1 unspecified atom stereocenters. The Morgan fingerprint density at radius 1 is 1.13 bits per heavy atom. The maximum atomic E-state index is 12.4. The highest BCUT2D eigenvalue weighted by molar-refractivity contribution is 5.89. The van der Waals surface area contributed by atoms with E-state index in [4.69, 9.17) is 24.1 Å². The average molecular weight is 549 g/mol. The summed E-state index contributed by atoms with van der Waals surface area (Å²) in [5.74, 6) is -0.283. The van der Waals surface area contributed by atoms with Gasteiger partial charge in [-0.15, -0.1) is 0 Å². The second-order valence-corrected chi connectivity index (χ2v) is 11.4. The maximum absolute atomic E-state index is 12.4. The van der Waals surface area contributed by atoms with E-state index in [1.54, 1.807) is 19.1 Å². The number of ketones is 2. The van der Waals surface area contributed by atoms with Crippen LogP contribution < -0.4 is 0 Å². The molecule has 0 radical (unpaired) electrons. The van der Waals surface area contributed by atoms with Crippen LogP contribution >= 0.6 is 0 Å². The van der Waals surface area contributed by atoms with Crippen molar-refractivity contribution in [3.05, 3.63) is 36.0 Å². The Balaban J connectivity index is 1.50. The lowest BCUT2D eigenvalue weighted by molar-refractivity contribution is -0.145. The number of esters is 1.